The number of guanidine groups is 1. The van der Waals surface area contributed by atoms with E-state index in [-0.39, 0.29) is 5.92 Å². The normalized spacial score (nSPS) is 23.0. The summed E-state index contributed by atoms with van der Waals surface area (Å²) in [5.41, 5.74) is 5.98. The molecule has 5 rings (SSSR count). The second-order valence-electron chi connectivity index (χ2n) is 7.41. The van der Waals surface area contributed by atoms with Crippen molar-refractivity contribution in [2.45, 2.75) is 25.0 Å². The van der Waals surface area contributed by atoms with Crippen LogP contribution in [0.15, 0.2) is 64.7 Å². The van der Waals surface area contributed by atoms with Crippen LogP contribution in [0.4, 0.5) is 0 Å². The molecule has 0 spiro atoms. The van der Waals surface area contributed by atoms with Crippen molar-refractivity contribution >= 4 is 11.9 Å². The number of hydrogen-bond donors (Lipinski definition) is 3. The van der Waals surface area contributed by atoms with Crippen LogP contribution in [0.1, 0.15) is 29.5 Å². The number of nitrogens with zero attached hydrogens (tertiary/aromatic N) is 2. The Kier molecular flexibility index (Phi) is 5.02. The molecule has 8 heteroatoms. The highest BCUT2D eigenvalue weighted by molar-refractivity contribution is 5.85. The molecule has 0 aliphatic carbocycles. The van der Waals surface area contributed by atoms with Gasteiger partial charge in [-0.3, -0.25) is 10.4 Å². The molecular formula is C22H25N5O3. The molecule has 2 aromatic carbocycles. The van der Waals surface area contributed by atoms with Crippen molar-refractivity contribution < 1.29 is 14.2 Å². The number of benzene rings is 2. The average molecular weight is 407 g/mol. The third-order valence-electron chi connectivity index (χ3n) is 5.46. The zero-order chi connectivity index (χ0) is 20.4. The predicted molar refractivity (Wildman–Crippen MR) is 113 cm³/mol. The lowest BCUT2D eigenvalue weighted by Crippen LogP contribution is -2.46. The molecule has 156 valence electrons. The Morgan fingerprint density at radius 3 is 2.63 bits per heavy atom. The van der Waals surface area contributed by atoms with Crippen molar-refractivity contribution in [2.75, 3.05) is 26.3 Å². The second kappa shape index (κ2) is 7.97. The Balaban J connectivity index is 1.36. The summed E-state index contributed by atoms with van der Waals surface area (Å²) in [6.07, 6.45) is -0.438. The molecule has 1 saturated heterocycles. The lowest BCUT2D eigenvalue weighted by atomic mass is 9.92. The van der Waals surface area contributed by atoms with E-state index < -0.39 is 12.1 Å². The summed E-state index contributed by atoms with van der Waals surface area (Å²) >= 11 is 0. The van der Waals surface area contributed by atoms with Crippen LogP contribution in [0.25, 0.3) is 0 Å². The molecule has 3 heterocycles. The van der Waals surface area contributed by atoms with Crippen molar-refractivity contribution in [3.8, 4) is 0 Å². The number of aliphatic imine (C=N–C) groups is 1. The van der Waals surface area contributed by atoms with Gasteiger partial charge in [0.05, 0.1) is 25.7 Å². The molecule has 0 amide bonds. The summed E-state index contributed by atoms with van der Waals surface area (Å²) in [6, 6.07) is 18.3. The Bertz CT molecular complexity index is 956. The minimum absolute atomic E-state index is 0.0445. The summed E-state index contributed by atoms with van der Waals surface area (Å²) in [7, 11) is 0. The molecule has 8 nitrogen and oxygen atoms in total. The van der Waals surface area contributed by atoms with E-state index in [9.17, 15) is 0 Å². The predicted octanol–water partition coefficient (Wildman–Crippen LogP) is 1.80. The average Bonchev–Trinajstić information content (AvgIpc) is 3.57. The number of hydrazone groups is 1. The maximum absolute atomic E-state index is 6.14. The minimum atomic E-state index is -0.885. The fourth-order valence-electron chi connectivity index (χ4n) is 3.90. The largest absolute Gasteiger partial charge is 0.435 e. The fraction of sp³-hybridized carbons (Fsp3) is 0.364. The van der Waals surface area contributed by atoms with Crippen LogP contribution in [-0.4, -0.2) is 44.5 Å². The Morgan fingerprint density at radius 2 is 1.87 bits per heavy atom. The zero-order valence-electron chi connectivity index (χ0n) is 16.8. The molecule has 0 radical (unpaired) electrons. The van der Waals surface area contributed by atoms with E-state index in [4.69, 9.17) is 14.2 Å². The van der Waals surface area contributed by atoms with Crippen LogP contribution < -0.4 is 16.1 Å². The molecule has 3 aliphatic heterocycles. The first kappa shape index (κ1) is 18.9. The van der Waals surface area contributed by atoms with Gasteiger partial charge in [0.25, 0.3) is 6.35 Å². The third-order valence-corrected chi connectivity index (χ3v) is 5.46. The monoisotopic (exact) mass is 407 g/mol. The quantitative estimate of drug-likeness (QED) is 0.701. The summed E-state index contributed by atoms with van der Waals surface area (Å²) in [5, 5.41) is 10.7. The van der Waals surface area contributed by atoms with E-state index in [1.54, 1.807) is 0 Å². The summed E-state index contributed by atoms with van der Waals surface area (Å²) in [6.45, 7) is 4.77. The maximum Gasteiger partial charge on any atom is 0.267 e. The van der Waals surface area contributed by atoms with Gasteiger partial charge in [0.1, 0.15) is 0 Å². The van der Waals surface area contributed by atoms with E-state index >= 15 is 0 Å². The highest BCUT2D eigenvalue weighted by Crippen LogP contribution is 2.39. The Labute approximate surface area is 175 Å². The van der Waals surface area contributed by atoms with Crippen LogP contribution in [0.5, 0.6) is 0 Å². The lowest BCUT2D eigenvalue weighted by Gasteiger charge is -2.29. The highest BCUT2D eigenvalue weighted by Gasteiger charge is 2.41. The fourth-order valence-corrected chi connectivity index (χ4v) is 3.90. The Morgan fingerprint density at radius 1 is 1.07 bits per heavy atom. The van der Waals surface area contributed by atoms with E-state index in [1.807, 2.05) is 42.5 Å². The molecule has 2 aromatic rings. The van der Waals surface area contributed by atoms with Gasteiger partial charge in [0.2, 0.25) is 11.7 Å². The van der Waals surface area contributed by atoms with E-state index in [2.05, 4.69) is 45.2 Å². The van der Waals surface area contributed by atoms with Crippen molar-refractivity contribution in [1.82, 2.24) is 16.1 Å². The number of rotatable bonds is 5. The van der Waals surface area contributed by atoms with Crippen molar-refractivity contribution in [3.63, 3.8) is 0 Å². The highest BCUT2D eigenvalue weighted by atomic mass is 16.7. The van der Waals surface area contributed by atoms with Gasteiger partial charge in [-0.05, 0) is 18.6 Å². The molecule has 0 bridgehead atoms. The van der Waals surface area contributed by atoms with Gasteiger partial charge in [-0.1, -0.05) is 48.5 Å². The van der Waals surface area contributed by atoms with Crippen LogP contribution in [0.2, 0.25) is 0 Å². The van der Waals surface area contributed by atoms with Crippen LogP contribution in [-0.2, 0) is 20.0 Å². The molecule has 0 saturated carbocycles. The molecule has 1 fully saturated rings. The SMILES string of the molecule is CC(C1=NNC(NC2=NCCN2)O1)c1cccc(C2(c3ccccc3)OCCO2)c1. The van der Waals surface area contributed by atoms with Gasteiger partial charge in [-0.15, -0.1) is 5.10 Å². The van der Waals surface area contributed by atoms with Crippen molar-refractivity contribution in [3.05, 3.63) is 71.3 Å². The standard InChI is InChI=1S/C22H25N5O3/c1-15(19-26-27-21(30-19)25-20-23-10-11-24-20)16-6-5-9-18(14-16)22(28-12-13-29-22)17-7-3-2-4-8-17/h2-9,14-15,21,27H,10-13H2,1H3,(H2,23,24,25). The minimum Gasteiger partial charge on any atom is -0.435 e. The van der Waals surface area contributed by atoms with E-state index in [0.717, 1.165) is 35.7 Å². The molecule has 3 N–H and O–H groups in total. The molecule has 2 unspecified atom stereocenters. The van der Waals surface area contributed by atoms with Crippen molar-refractivity contribution in [2.24, 2.45) is 10.1 Å². The number of nitrogens with one attached hydrogen (secondary N) is 3. The van der Waals surface area contributed by atoms with Gasteiger partial charge in [-0.2, -0.15) is 0 Å². The van der Waals surface area contributed by atoms with Crippen LogP contribution >= 0.6 is 0 Å². The van der Waals surface area contributed by atoms with Crippen molar-refractivity contribution in [1.29, 1.82) is 0 Å². The molecule has 30 heavy (non-hydrogen) atoms. The first-order valence-corrected chi connectivity index (χ1v) is 10.2. The first-order chi connectivity index (χ1) is 14.7. The smallest absolute Gasteiger partial charge is 0.267 e. The Hall–Kier alpha value is -3.10. The summed E-state index contributed by atoms with van der Waals surface area (Å²) in [4.78, 5) is 4.32. The van der Waals surface area contributed by atoms with Gasteiger partial charge >= 0.3 is 0 Å². The van der Waals surface area contributed by atoms with Gasteiger partial charge in [0, 0.05) is 17.7 Å². The maximum atomic E-state index is 6.14. The molecular weight excluding hydrogens is 382 g/mol. The lowest BCUT2D eigenvalue weighted by molar-refractivity contribution is -0.129. The summed E-state index contributed by atoms with van der Waals surface area (Å²) in [5.74, 6) is 0.408. The zero-order valence-corrected chi connectivity index (χ0v) is 16.8. The second-order valence-corrected chi connectivity index (χ2v) is 7.41. The topological polar surface area (TPSA) is 88.5 Å². The van der Waals surface area contributed by atoms with E-state index in [0.29, 0.717) is 19.1 Å². The molecule has 2 atom stereocenters. The summed E-state index contributed by atoms with van der Waals surface area (Å²) < 4.78 is 18.2. The number of hydrogen-bond acceptors (Lipinski definition) is 8. The molecule has 0 aromatic heterocycles. The van der Waals surface area contributed by atoms with Gasteiger partial charge in [0.15, 0.2) is 5.96 Å². The van der Waals surface area contributed by atoms with E-state index in [1.165, 1.54) is 0 Å². The van der Waals surface area contributed by atoms with Crippen LogP contribution in [0.3, 0.4) is 0 Å². The van der Waals surface area contributed by atoms with Gasteiger partial charge in [-0.25, -0.2) is 0 Å². The third kappa shape index (κ3) is 3.48. The molecule has 3 aliphatic rings. The van der Waals surface area contributed by atoms with Crippen LogP contribution in [0, 0.1) is 0 Å². The first-order valence-electron chi connectivity index (χ1n) is 10.2. The number of ether oxygens (including phenoxy) is 3. The van der Waals surface area contributed by atoms with Gasteiger partial charge < -0.3 is 24.8 Å².